The van der Waals surface area contributed by atoms with E-state index in [0.717, 1.165) is 23.7 Å². The van der Waals surface area contributed by atoms with Gasteiger partial charge in [0.2, 0.25) is 0 Å². The number of ether oxygens (including phenoxy) is 1. The molecular formula is C15H19FN2O. The zero-order valence-corrected chi connectivity index (χ0v) is 11.6. The molecule has 1 aliphatic carbocycles. The summed E-state index contributed by atoms with van der Waals surface area (Å²) < 4.78 is 21.0. The maximum absolute atomic E-state index is 13.8. The van der Waals surface area contributed by atoms with Crippen LogP contribution >= 0.6 is 0 Å². The Labute approximate surface area is 112 Å². The van der Waals surface area contributed by atoms with Crippen LogP contribution in [0.15, 0.2) is 24.4 Å². The monoisotopic (exact) mass is 262 g/mol. The van der Waals surface area contributed by atoms with E-state index >= 15 is 0 Å². The second-order valence-corrected chi connectivity index (χ2v) is 5.51. The summed E-state index contributed by atoms with van der Waals surface area (Å²) in [6.07, 6.45) is 4.31. The van der Waals surface area contributed by atoms with Crippen LogP contribution in [0.3, 0.4) is 0 Å². The van der Waals surface area contributed by atoms with Crippen LogP contribution in [0, 0.1) is 5.82 Å². The van der Waals surface area contributed by atoms with Crippen molar-refractivity contribution in [3.05, 3.63) is 30.2 Å². The molecule has 1 heterocycles. The molecule has 0 N–H and O–H groups in total. The van der Waals surface area contributed by atoms with Crippen molar-refractivity contribution >= 4 is 10.9 Å². The Hall–Kier alpha value is -1.55. The minimum Gasteiger partial charge on any atom is -0.494 e. The lowest BCUT2D eigenvalue weighted by molar-refractivity contribution is 0.132. The normalized spacial score (nSPS) is 22.8. The number of halogens is 1. The summed E-state index contributed by atoms with van der Waals surface area (Å²) in [6, 6.07) is 6.50. The Morgan fingerprint density at radius 3 is 2.68 bits per heavy atom. The van der Waals surface area contributed by atoms with Gasteiger partial charge in [-0.1, -0.05) is 0 Å². The van der Waals surface area contributed by atoms with E-state index in [-0.39, 0.29) is 5.82 Å². The Bertz CT molecular complexity index is 599. The van der Waals surface area contributed by atoms with Crippen LogP contribution in [0.25, 0.3) is 10.9 Å². The first-order valence-corrected chi connectivity index (χ1v) is 6.60. The van der Waals surface area contributed by atoms with Crippen molar-refractivity contribution in [1.82, 2.24) is 9.47 Å². The fourth-order valence-corrected chi connectivity index (χ4v) is 2.84. The van der Waals surface area contributed by atoms with Crippen LogP contribution in [0.5, 0.6) is 5.75 Å². The Morgan fingerprint density at radius 1 is 1.32 bits per heavy atom. The summed E-state index contributed by atoms with van der Waals surface area (Å²) in [5.41, 5.74) is 0.959. The van der Waals surface area contributed by atoms with Crippen molar-refractivity contribution in [2.45, 2.75) is 24.9 Å². The number of methoxy groups -OCH3 is 1. The van der Waals surface area contributed by atoms with Gasteiger partial charge in [0.05, 0.1) is 12.6 Å². The first-order chi connectivity index (χ1) is 9.10. The standard InChI is InChI=1S/C15H19FN2O/c1-17(2)11-7-12(8-11)18-5-4-10-6-15(19-3)13(16)9-14(10)18/h4-6,9,11-12H,7-8H2,1-3H3. The molecule has 0 aliphatic heterocycles. The average molecular weight is 262 g/mol. The molecular weight excluding hydrogens is 243 g/mol. The molecule has 0 unspecified atom stereocenters. The van der Waals surface area contributed by atoms with Crippen molar-refractivity contribution in [2.75, 3.05) is 21.2 Å². The summed E-state index contributed by atoms with van der Waals surface area (Å²) in [6.45, 7) is 0. The third kappa shape index (κ3) is 2.00. The largest absolute Gasteiger partial charge is 0.494 e. The van der Waals surface area contributed by atoms with E-state index in [0.29, 0.717) is 17.8 Å². The average Bonchev–Trinajstić information content (AvgIpc) is 2.69. The van der Waals surface area contributed by atoms with Crippen LogP contribution in [0.1, 0.15) is 18.9 Å². The summed E-state index contributed by atoms with van der Waals surface area (Å²) in [5.74, 6) is 0.0171. The van der Waals surface area contributed by atoms with Gasteiger partial charge in [0.1, 0.15) is 0 Å². The second-order valence-electron chi connectivity index (χ2n) is 5.51. The highest BCUT2D eigenvalue weighted by Gasteiger charge is 2.32. The molecule has 0 bridgehead atoms. The molecule has 0 atom stereocenters. The molecule has 0 radical (unpaired) electrons. The van der Waals surface area contributed by atoms with E-state index in [2.05, 4.69) is 29.8 Å². The molecule has 0 amide bonds. The Morgan fingerprint density at radius 2 is 2.05 bits per heavy atom. The van der Waals surface area contributed by atoms with E-state index in [1.807, 2.05) is 6.07 Å². The van der Waals surface area contributed by atoms with Gasteiger partial charge in [-0.25, -0.2) is 4.39 Å². The number of hydrogen-bond donors (Lipinski definition) is 0. The minimum absolute atomic E-state index is 0.293. The lowest BCUT2D eigenvalue weighted by Crippen LogP contribution is -2.41. The predicted molar refractivity (Wildman–Crippen MR) is 74.2 cm³/mol. The van der Waals surface area contributed by atoms with E-state index < -0.39 is 0 Å². The molecule has 2 aromatic rings. The fraction of sp³-hybridized carbons (Fsp3) is 0.467. The van der Waals surface area contributed by atoms with Crippen LogP contribution in [0.2, 0.25) is 0 Å². The van der Waals surface area contributed by atoms with Crippen molar-refractivity contribution in [1.29, 1.82) is 0 Å². The lowest BCUT2D eigenvalue weighted by atomic mass is 9.85. The van der Waals surface area contributed by atoms with Crippen LogP contribution in [0.4, 0.5) is 4.39 Å². The van der Waals surface area contributed by atoms with Gasteiger partial charge in [-0.05, 0) is 39.1 Å². The Balaban J connectivity index is 1.92. The summed E-state index contributed by atoms with van der Waals surface area (Å²) >= 11 is 0. The third-order valence-electron chi connectivity index (χ3n) is 4.21. The SMILES string of the molecule is COc1cc2ccn(C3CC(N(C)C)C3)c2cc1F. The van der Waals surface area contributed by atoms with E-state index in [4.69, 9.17) is 4.74 Å². The third-order valence-corrected chi connectivity index (χ3v) is 4.21. The molecule has 1 aromatic carbocycles. The first-order valence-electron chi connectivity index (χ1n) is 6.60. The number of fused-ring (bicyclic) bond motifs is 1. The van der Waals surface area contributed by atoms with Crippen molar-refractivity contribution < 1.29 is 9.13 Å². The maximum atomic E-state index is 13.8. The van der Waals surface area contributed by atoms with E-state index in [1.165, 1.54) is 7.11 Å². The molecule has 102 valence electrons. The van der Waals surface area contributed by atoms with Crippen LogP contribution in [-0.4, -0.2) is 36.7 Å². The van der Waals surface area contributed by atoms with Gasteiger partial charge in [0, 0.05) is 29.7 Å². The van der Waals surface area contributed by atoms with Crippen LogP contribution in [-0.2, 0) is 0 Å². The zero-order chi connectivity index (χ0) is 13.6. The van der Waals surface area contributed by atoms with Gasteiger partial charge in [0.25, 0.3) is 0 Å². The fourth-order valence-electron chi connectivity index (χ4n) is 2.84. The first kappa shape index (κ1) is 12.5. The number of benzene rings is 1. The zero-order valence-electron chi connectivity index (χ0n) is 11.6. The molecule has 3 nitrogen and oxygen atoms in total. The van der Waals surface area contributed by atoms with Crippen molar-refractivity contribution in [3.8, 4) is 5.75 Å². The van der Waals surface area contributed by atoms with Gasteiger partial charge in [-0.2, -0.15) is 0 Å². The highest BCUT2D eigenvalue weighted by molar-refractivity contribution is 5.82. The maximum Gasteiger partial charge on any atom is 0.167 e. The van der Waals surface area contributed by atoms with E-state index in [1.54, 1.807) is 12.1 Å². The molecule has 1 aliphatic rings. The lowest BCUT2D eigenvalue weighted by Gasteiger charge is -2.40. The van der Waals surface area contributed by atoms with Gasteiger partial charge >= 0.3 is 0 Å². The molecule has 1 aromatic heterocycles. The number of hydrogen-bond acceptors (Lipinski definition) is 2. The topological polar surface area (TPSA) is 17.4 Å². The molecule has 1 fully saturated rings. The van der Waals surface area contributed by atoms with Gasteiger partial charge < -0.3 is 14.2 Å². The highest BCUT2D eigenvalue weighted by atomic mass is 19.1. The molecule has 0 spiro atoms. The van der Waals surface area contributed by atoms with Crippen molar-refractivity contribution in [3.63, 3.8) is 0 Å². The molecule has 19 heavy (non-hydrogen) atoms. The number of rotatable bonds is 3. The smallest absolute Gasteiger partial charge is 0.167 e. The summed E-state index contributed by atoms with van der Waals surface area (Å²) in [5, 5.41) is 1.03. The quantitative estimate of drug-likeness (QED) is 0.846. The summed E-state index contributed by atoms with van der Waals surface area (Å²) in [7, 11) is 5.72. The van der Waals surface area contributed by atoms with E-state index in [9.17, 15) is 4.39 Å². The molecule has 3 rings (SSSR count). The van der Waals surface area contributed by atoms with Gasteiger partial charge in [0.15, 0.2) is 11.6 Å². The number of nitrogens with zero attached hydrogens (tertiary/aromatic N) is 2. The van der Waals surface area contributed by atoms with Crippen LogP contribution < -0.4 is 4.74 Å². The summed E-state index contributed by atoms with van der Waals surface area (Å²) in [4.78, 5) is 2.26. The highest BCUT2D eigenvalue weighted by Crippen LogP contribution is 2.38. The van der Waals surface area contributed by atoms with Gasteiger partial charge in [-0.15, -0.1) is 0 Å². The number of aromatic nitrogens is 1. The molecule has 4 heteroatoms. The molecule has 1 saturated carbocycles. The van der Waals surface area contributed by atoms with Gasteiger partial charge in [-0.3, -0.25) is 0 Å². The Kier molecular flexibility index (Phi) is 2.97. The minimum atomic E-state index is -0.293. The molecule has 0 saturated heterocycles. The second kappa shape index (κ2) is 4.53. The van der Waals surface area contributed by atoms with Crippen molar-refractivity contribution in [2.24, 2.45) is 0 Å². The predicted octanol–water partition coefficient (Wildman–Crippen LogP) is 3.05.